The number of nitrogens with zero attached hydrogens (tertiary/aromatic N) is 1. The van der Waals surface area contributed by atoms with Gasteiger partial charge in [0.25, 0.3) is 0 Å². The van der Waals surface area contributed by atoms with E-state index >= 15 is 0 Å². The van der Waals surface area contributed by atoms with Crippen LogP contribution in [0.25, 0.3) is 11.1 Å². The molecule has 0 saturated carbocycles. The number of aromatic nitrogens is 1. The van der Waals surface area contributed by atoms with E-state index in [1.807, 2.05) is 23.8 Å². The molecule has 4 nitrogen and oxygen atoms in total. The fraction of sp³-hybridized carbons (Fsp3) is 0.111. The molecule has 2 aromatic heterocycles. The van der Waals surface area contributed by atoms with Gasteiger partial charge in [0.1, 0.15) is 11.0 Å². The minimum Gasteiger partial charge on any atom is -0.330 e. The normalized spacial score (nSPS) is 10.6. The second-order valence-corrected chi connectivity index (χ2v) is 7.32. The van der Waals surface area contributed by atoms with E-state index in [0.29, 0.717) is 15.7 Å². The van der Waals surface area contributed by atoms with Crippen molar-refractivity contribution >= 4 is 51.5 Å². The summed E-state index contributed by atoms with van der Waals surface area (Å²) in [4.78, 5) is 16.2. The minimum atomic E-state index is -0.398. The Morgan fingerprint density at radius 2 is 2.12 bits per heavy atom. The van der Waals surface area contributed by atoms with Gasteiger partial charge in [-0.05, 0) is 53.1 Å². The lowest BCUT2D eigenvalue weighted by atomic mass is 10.1. The molecule has 1 aromatic carbocycles. The zero-order chi connectivity index (χ0) is 18.5. The number of thiophene rings is 1. The van der Waals surface area contributed by atoms with Gasteiger partial charge in [0.15, 0.2) is 0 Å². The van der Waals surface area contributed by atoms with E-state index in [1.54, 1.807) is 24.4 Å². The Labute approximate surface area is 163 Å². The fourth-order valence-corrected chi connectivity index (χ4v) is 3.74. The zero-order valence-corrected chi connectivity index (χ0v) is 16.1. The van der Waals surface area contributed by atoms with Gasteiger partial charge in [0, 0.05) is 23.5 Å². The maximum atomic E-state index is 13.9. The lowest BCUT2D eigenvalue weighted by Crippen LogP contribution is -2.14. The van der Waals surface area contributed by atoms with Crippen molar-refractivity contribution in [1.29, 1.82) is 0 Å². The standard InChI is InChI=1S/C18H15ClFN3OS2/c1-25-23-14-2-3-15(20)12(6-14)8-17(24)22-18-9-13(10-26-18)11-4-5-21-16(19)7-11/h2-7,9-10,23H,8H2,1H3,(H,22,24). The highest BCUT2D eigenvalue weighted by Crippen LogP contribution is 2.30. The van der Waals surface area contributed by atoms with Crippen molar-refractivity contribution in [3.05, 3.63) is 64.5 Å². The van der Waals surface area contributed by atoms with Crippen molar-refractivity contribution in [2.45, 2.75) is 6.42 Å². The molecule has 0 saturated heterocycles. The summed E-state index contributed by atoms with van der Waals surface area (Å²) in [5.74, 6) is -0.670. The Balaban J connectivity index is 1.68. The van der Waals surface area contributed by atoms with Crippen molar-refractivity contribution in [2.24, 2.45) is 0 Å². The van der Waals surface area contributed by atoms with E-state index in [2.05, 4.69) is 15.0 Å². The zero-order valence-electron chi connectivity index (χ0n) is 13.8. The molecule has 2 heterocycles. The first-order valence-electron chi connectivity index (χ1n) is 7.63. The van der Waals surface area contributed by atoms with Crippen LogP contribution in [0.1, 0.15) is 5.56 Å². The molecule has 0 bridgehead atoms. The van der Waals surface area contributed by atoms with Crippen molar-refractivity contribution < 1.29 is 9.18 Å². The van der Waals surface area contributed by atoms with Crippen molar-refractivity contribution in [2.75, 3.05) is 16.3 Å². The quantitative estimate of drug-likeness (QED) is 0.420. The second-order valence-electron chi connectivity index (χ2n) is 5.40. The van der Waals surface area contributed by atoms with E-state index in [0.717, 1.165) is 16.8 Å². The SMILES string of the molecule is CSNc1ccc(F)c(CC(=O)Nc2cc(-c3ccnc(Cl)c3)cs2)c1. The summed E-state index contributed by atoms with van der Waals surface area (Å²) < 4.78 is 17.0. The van der Waals surface area contributed by atoms with Crippen LogP contribution in [-0.2, 0) is 11.2 Å². The number of anilines is 2. The Kier molecular flexibility index (Phi) is 6.13. The molecule has 0 aliphatic heterocycles. The third-order valence-corrected chi connectivity index (χ3v) is 5.03. The largest absolute Gasteiger partial charge is 0.330 e. The monoisotopic (exact) mass is 407 g/mol. The minimum absolute atomic E-state index is 0.0376. The topological polar surface area (TPSA) is 54.0 Å². The lowest BCUT2D eigenvalue weighted by Gasteiger charge is -2.07. The second kappa shape index (κ2) is 8.53. The first-order valence-corrected chi connectivity index (χ1v) is 10.1. The number of amides is 1. The lowest BCUT2D eigenvalue weighted by molar-refractivity contribution is -0.115. The summed E-state index contributed by atoms with van der Waals surface area (Å²) in [7, 11) is 0. The number of hydrogen-bond donors (Lipinski definition) is 2. The van der Waals surface area contributed by atoms with E-state index in [-0.39, 0.29) is 12.3 Å². The maximum Gasteiger partial charge on any atom is 0.229 e. The molecule has 0 fully saturated rings. The molecule has 2 N–H and O–H groups in total. The summed E-state index contributed by atoms with van der Waals surface area (Å²) in [6.45, 7) is 0. The fourth-order valence-electron chi connectivity index (χ4n) is 2.38. The highest BCUT2D eigenvalue weighted by molar-refractivity contribution is 7.99. The number of nitrogens with one attached hydrogen (secondary N) is 2. The molecule has 3 aromatic rings. The van der Waals surface area contributed by atoms with Crippen molar-refractivity contribution in [1.82, 2.24) is 4.98 Å². The van der Waals surface area contributed by atoms with Crippen LogP contribution in [0.5, 0.6) is 0 Å². The molecule has 0 aliphatic carbocycles. The average molecular weight is 408 g/mol. The molecular weight excluding hydrogens is 393 g/mol. The third-order valence-electron chi connectivity index (χ3n) is 3.54. The molecule has 0 spiro atoms. The number of benzene rings is 1. The van der Waals surface area contributed by atoms with Gasteiger partial charge in [-0.3, -0.25) is 4.79 Å². The molecule has 3 rings (SSSR count). The molecule has 1 amide bonds. The Hall–Kier alpha value is -2.09. The molecule has 26 heavy (non-hydrogen) atoms. The molecule has 0 aliphatic rings. The van der Waals surface area contributed by atoms with E-state index in [9.17, 15) is 9.18 Å². The van der Waals surface area contributed by atoms with Crippen molar-refractivity contribution in [3.63, 3.8) is 0 Å². The van der Waals surface area contributed by atoms with Crippen LogP contribution < -0.4 is 10.0 Å². The summed E-state index contributed by atoms with van der Waals surface area (Å²) in [6.07, 6.45) is 3.47. The summed E-state index contributed by atoms with van der Waals surface area (Å²) in [5, 5.41) is 5.84. The van der Waals surface area contributed by atoms with Crippen molar-refractivity contribution in [3.8, 4) is 11.1 Å². The summed E-state index contributed by atoms with van der Waals surface area (Å²) in [6, 6.07) is 10.1. The smallest absolute Gasteiger partial charge is 0.229 e. The maximum absolute atomic E-state index is 13.9. The summed E-state index contributed by atoms with van der Waals surface area (Å²) >= 11 is 8.71. The number of hydrogen-bond acceptors (Lipinski definition) is 5. The van der Waals surface area contributed by atoms with Crippen LogP contribution in [0.2, 0.25) is 5.15 Å². The molecule has 0 radical (unpaired) electrons. The first-order chi connectivity index (χ1) is 12.5. The number of carbonyl (C=O) groups is 1. The van der Waals surface area contributed by atoms with Gasteiger partial charge < -0.3 is 10.0 Å². The van der Waals surface area contributed by atoms with E-state index < -0.39 is 5.82 Å². The van der Waals surface area contributed by atoms with E-state index in [1.165, 1.54) is 29.4 Å². The molecule has 8 heteroatoms. The van der Waals surface area contributed by atoms with Gasteiger partial charge in [-0.15, -0.1) is 11.3 Å². The van der Waals surface area contributed by atoms with Crippen LogP contribution in [-0.4, -0.2) is 17.1 Å². The highest BCUT2D eigenvalue weighted by Gasteiger charge is 2.11. The first kappa shape index (κ1) is 18.7. The van der Waals surface area contributed by atoms with Gasteiger partial charge in [0.2, 0.25) is 5.91 Å². The number of pyridine rings is 1. The molecular formula is C18H15ClFN3OS2. The average Bonchev–Trinajstić information content (AvgIpc) is 3.06. The van der Waals surface area contributed by atoms with Crippen LogP contribution >= 0.6 is 34.9 Å². The molecule has 0 unspecified atom stereocenters. The number of carbonyl (C=O) groups excluding carboxylic acids is 1. The van der Waals surface area contributed by atoms with E-state index in [4.69, 9.17) is 11.6 Å². The van der Waals surface area contributed by atoms with Gasteiger partial charge >= 0.3 is 0 Å². The van der Waals surface area contributed by atoms with Crippen LogP contribution in [0.3, 0.4) is 0 Å². The predicted molar refractivity (Wildman–Crippen MR) is 108 cm³/mol. The van der Waals surface area contributed by atoms with Gasteiger partial charge in [-0.1, -0.05) is 23.5 Å². The Morgan fingerprint density at radius 3 is 2.88 bits per heavy atom. The van der Waals surface area contributed by atoms with Crippen LogP contribution in [0.15, 0.2) is 48.0 Å². The van der Waals surface area contributed by atoms with Crippen LogP contribution in [0, 0.1) is 5.82 Å². The molecule has 0 atom stereocenters. The number of rotatable bonds is 6. The van der Waals surface area contributed by atoms with Gasteiger partial charge in [0.05, 0.1) is 11.4 Å². The van der Waals surface area contributed by atoms with Crippen LogP contribution in [0.4, 0.5) is 15.1 Å². The Bertz CT molecular complexity index is 932. The highest BCUT2D eigenvalue weighted by atomic mass is 35.5. The summed E-state index contributed by atoms with van der Waals surface area (Å²) in [5.41, 5.74) is 2.96. The predicted octanol–water partition coefficient (Wildman–Crippen LogP) is 5.47. The third kappa shape index (κ3) is 4.75. The number of halogens is 2. The Morgan fingerprint density at radius 1 is 1.27 bits per heavy atom. The van der Waals surface area contributed by atoms with Gasteiger partial charge in [-0.2, -0.15) is 0 Å². The van der Waals surface area contributed by atoms with Gasteiger partial charge in [-0.25, -0.2) is 9.37 Å². The molecule has 134 valence electrons.